The Balaban J connectivity index is 1.29. The van der Waals surface area contributed by atoms with Gasteiger partial charge in [-0.25, -0.2) is 14.5 Å². The van der Waals surface area contributed by atoms with Gasteiger partial charge in [-0.15, -0.1) is 0 Å². The summed E-state index contributed by atoms with van der Waals surface area (Å²) in [4.78, 5) is 23.6. The first-order valence-corrected chi connectivity index (χ1v) is 14.8. The number of aliphatic hydroxyl groups is 2. The molecule has 6 atom stereocenters. The van der Waals surface area contributed by atoms with E-state index in [1.807, 2.05) is 18.2 Å². The number of imidazole rings is 1. The molecule has 3 heterocycles. The summed E-state index contributed by atoms with van der Waals surface area (Å²) in [5, 5.41) is 24.1. The molecule has 222 valence electrons. The van der Waals surface area contributed by atoms with E-state index < -0.39 is 50.9 Å². The maximum absolute atomic E-state index is 13.9. The molecule has 0 bridgehead atoms. The number of ether oxygens (including phenoxy) is 2. The van der Waals surface area contributed by atoms with Gasteiger partial charge >= 0.3 is 13.7 Å². The van der Waals surface area contributed by atoms with E-state index >= 15 is 0 Å². The second kappa shape index (κ2) is 12.7. The SMILES string of the molecule is C[C@H](NP(=O)(OC[C@H]1O[C@@H](n2cnc3c(=S)nc(N)[nH]c32)C(O)[C@H]1O)Oc1ccccc1)C(=O)OCc1ccccc1. The van der Waals surface area contributed by atoms with Gasteiger partial charge in [0.15, 0.2) is 16.8 Å². The molecule has 1 aliphatic rings. The number of rotatable bonds is 11. The molecule has 2 unspecified atom stereocenters. The highest BCUT2D eigenvalue weighted by molar-refractivity contribution is 7.71. The third kappa shape index (κ3) is 6.68. The van der Waals surface area contributed by atoms with Gasteiger partial charge in [0, 0.05) is 0 Å². The third-order valence-electron chi connectivity index (χ3n) is 6.38. The molecule has 6 N–H and O–H groups in total. The number of nitrogens with zero attached hydrogens (tertiary/aromatic N) is 3. The number of para-hydroxylation sites is 1. The first-order chi connectivity index (χ1) is 20.1. The minimum absolute atomic E-state index is 0.0206. The van der Waals surface area contributed by atoms with Gasteiger partial charge in [0.2, 0.25) is 0 Å². The third-order valence-corrected chi connectivity index (χ3v) is 8.31. The monoisotopic (exact) mass is 616 g/mol. The number of H-pyrrole nitrogens is 1. The average molecular weight is 617 g/mol. The smallest absolute Gasteiger partial charge is 0.459 e. The number of nitrogens with two attached hydrogens (primary N) is 1. The summed E-state index contributed by atoms with van der Waals surface area (Å²) >= 11 is 5.19. The van der Waals surface area contributed by atoms with Crippen LogP contribution >= 0.6 is 20.0 Å². The van der Waals surface area contributed by atoms with Crippen molar-refractivity contribution in [2.45, 2.75) is 44.1 Å². The lowest BCUT2D eigenvalue weighted by Crippen LogP contribution is -2.37. The number of aromatic nitrogens is 4. The molecule has 16 heteroatoms. The number of carbonyl (C=O) groups is 1. The minimum Gasteiger partial charge on any atom is -0.460 e. The zero-order valence-electron chi connectivity index (χ0n) is 22.3. The Labute approximate surface area is 245 Å². The van der Waals surface area contributed by atoms with Gasteiger partial charge in [0.1, 0.15) is 47.9 Å². The molecule has 42 heavy (non-hydrogen) atoms. The molecule has 14 nitrogen and oxygen atoms in total. The van der Waals surface area contributed by atoms with Crippen molar-refractivity contribution in [1.29, 1.82) is 0 Å². The van der Waals surface area contributed by atoms with Crippen molar-refractivity contribution in [3.05, 3.63) is 77.2 Å². The van der Waals surface area contributed by atoms with Crippen LogP contribution in [0.3, 0.4) is 0 Å². The number of fused-ring (bicyclic) bond motifs is 1. The molecule has 1 fully saturated rings. The van der Waals surface area contributed by atoms with Gasteiger partial charge in [0.25, 0.3) is 0 Å². The fourth-order valence-electron chi connectivity index (χ4n) is 4.27. The van der Waals surface area contributed by atoms with Crippen molar-refractivity contribution < 1.29 is 38.1 Å². The van der Waals surface area contributed by atoms with Crippen LogP contribution in [-0.2, 0) is 30.0 Å². The predicted octanol–water partition coefficient (Wildman–Crippen LogP) is 2.62. The maximum Gasteiger partial charge on any atom is 0.459 e. The second-order valence-corrected chi connectivity index (χ2v) is 11.5. The molecule has 1 aliphatic heterocycles. The summed E-state index contributed by atoms with van der Waals surface area (Å²) in [6.07, 6.45) is -3.80. The number of esters is 1. The van der Waals surface area contributed by atoms with Crippen LogP contribution in [0.15, 0.2) is 67.0 Å². The van der Waals surface area contributed by atoms with Crippen LogP contribution in [0.25, 0.3) is 11.2 Å². The minimum atomic E-state index is -4.27. The highest BCUT2D eigenvalue weighted by Gasteiger charge is 2.46. The van der Waals surface area contributed by atoms with Crippen LogP contribution in [0.5, 0.6) is 5.75 Å². The Kier molecular flexibility index (Phi) is 8.99. The first-order valence-electron chi connectivity index (χ1n) is 12.8. The quantitative estimate of drug-likeness (QED) is 0.0938. The Morgan fingerprint density at radius 1 is 1.19 bits per heavy atom. The Bertz CT molecular complexity index is 1640. The summed E-state index contributed by atoms with van der Waals surface area (Å²) in [5.41, 5.74) is 7.21. The molecule has 2 aromatic heterocycles. The van der Waals surface area contributed by atoms with Crippen LogP contribution in [-0.4, -0.2) is 66.7 Å². The van der Waals surface area contributed by atoms with Crippen molar-refractivity contribution in [3.63, 3.8) is 0 Å². The summed E-state index contributed by atoms with van der Waals surface area (Å²) in [6.45, 7) is 0.990. The normalized spacial score (nSPS) is 22.5. The summed E-state index contributed by atoms with van der Waals surface area (Å²) in [6, 6.07) is 16.2. The number of nitrogen functional groups attached to an aromatic ring is 1. The number of nitrogens with one attached hydrogen (secondary N) is 2. The van der Waals surface area contributed by atoms with Crippen molar-refractivity contribution in [3.8, 4) is 5.75 Å². The summed E-state index contributed by atoms with van der Waals surface area (Å²) in [5.74, 6) is -0.455. The van der Waals surface area contributed by atoms with Crippen LogP contribution in [0.4, 0.5) is 5.95 Å². The molecule has 2 aromatic carbocycles. The van der Waals surface area contributed by atoms with E-state index in [1.165, 1.54) is 17.8 Å². The Morgan fingerprint density at radius 3 is 2.60 bits per heavy atom. The predicted molar refractivity (Wildman–Crippen MR) is 153 cm³/mol. The molecular formula is C26H29N6O8PS. The van der Waals surface area contributed by atoms with Crippen LogP contribution in [0.1, 0.15) is 18.7 Å². The van der Waals surface area contributed by atoms with Crippen molar-refractivity contribution in [2.24, 2.45) is 0 Å². The highest BCUT2D eigenvalue weighted by atomic mass is 32.1. The van der Waals surface area contributed by atoms with Crippen molar-refractivity contribution >= 4 is 43.0 Å². The van der Waals surface area contributed by atoms with Gasteiger partial charge in [-0.1, -0.05) is 60.7 Å². The van der Waals surface area contributed by atoms with Gasteiger partial charge in [0.05, 0.1) is 12.9 Å². The van der Waals surface area contributed by atoms with E-state index in [2.05, 4.69) is 20.0 Å². The van der Waals surface area contributed by atoms with Crippen LogP contribution < -0.4 is 15.3 Å². The van der Waals surface area contributed by atoms with E-state index in [1.54, 1.807) is 42.5 Å². The largest absolute Gasteiger partial charge is 0.460 e. The van der Waals surface area contributed by atoms with Gasteiger partial charge < -0.3 is 34.9 Å². The molecule has 4 aromatic rings. The number of benzene rings is 2. The number of carbonyl (C=O) groups excluding carboxylic acids is 1. The van der Waals surface area contributed by atoms with Crippen LogP contribution in [0.2, 0.25) is 0 Å². The number of hydrogen-bond acceptors (Lipinski definition) is 12. The van der Waals surface area contributed by atoms with Gasteiger partial charge in [-0.05, 0) is 24.6 Å². The first kappa shape index (κ1) is 29.8. The number of anilines is 1. The number of hydrogen-bond donors (Lipinski definition) is 5. The molecule has 1 saturated heterocycles. The lowest BCUT2D eigenvalue weighted by atomic mass is 10.1. The Morgan fingerprint density at radius 2 is 1.88 bits per heavy atom. The zero-order chi connectivity index (χ0) is 29.9. The fourth-order valence-corrected chi connectivity index (χ4v) is 6.02. The molecular weight excluding hydrogens is 587 g/mol. The molecule has 0 spiro atoms. The molecule has 5 rings (SSSR count). The zero-order valence-corrected chi connectivity index (χ0v) is 24.0. The Hall–Kier alpha value is -3.69. The lowest BCUT2D eigenvalue weighted by Gasteiger charge is -2.24. The van der Waals surface area contributed by atoms with Crippen molar-refractivity contribution in [1.82, 2.24) is 24.6 Å². The fraction of sp³-hybridized carbons (Fsp3) is 0.308. The van der Waals surface area contributed by atoms with E-state index in [0.29, 0.717) is 11.2 Å². The molecule has 0 amide bonds. The molecule has 0 aliphatic carbocycles. The summed E-state index contributed by atoms with van der Waals surface area (Å²) in [7, 11) is -4.27. The van der Waals surface area contributed by atoms with E-state index in [9.17, 15) is 19.6 Å². The second-order valence-electron chi connectivity index (χ2n) is 9.46. The standard InChI is InChI=1S/C26H29N6O8PS/c1-15(25(35)37-12-16-8-4-2-5-9-16)31-41(36,40-17-10-6-3-7-11-17)38-13-18-20(33)21(34)24(39-18)32-14-28-19-22(32)29-26(27)30-23(19)42/h2-11,14-15,18,20-21,24,33-34H,12-13H2,1H3,(H,31,36)(H3,27,29,30,42)/t15-,18+,20-,21?,24+,41?/m0/s1. The molecule has 0 saturated carbocycles. The van der Waals surface area contributed by atoms with E-state index in [-0.39, 0.29) is 22.9 Å². The molecule has 0 radical (unpaired) electrons. The van der Waals surface area contributed by atoms with Gasteiger partial charge in [-0.3, -0.25) is 13.9 Å². The maximum atomic E-state index is 13.9. The van der Waals surface area contributed by atoms with E-state index in [0.717, 1.165) is 5.56 Å². The number of aliphatic hydroxyl groups excluding tert-OH is 2. The van der Waals surface area contributed by atoms with Crippen molar-refractivity contribution in [2.75, 3.05) is 12.3 Å². The topological polar surface area (TPSA) is 196 Å². The van der Waals surface area contributed by atoms with E-state index in [4.69, 9.17) is 36.5 Å². The van der Waals surface area contributed by atoms with Crippen LogP contribution in [0, 0.1) is 4.64 Å². The lowest BCUT2D eigenvalue weighted by molar-refractivity contribution is -0.146. The average Bonchev–Trinajstić information content (AvgIpc) is 3.52. The highest BCUT2D eigenvalue weighted by Crippen LogP contribution is 2.46. The summed E-state index contributed by atoms with van der Waals surface area (Å²) < 4.78 is 38.0. The van der Waals surface area contributed by atoms with Gasteiger partial charge in [-0.2, -0.15) is 5.09 Å². The number of aromatic amines is 1.